The average molecular weight is 274 g/mol. The van der Waals surface area contributed by atoms with Crippen molar-refractivity contribution in [3.63, 3.8) is 0 Å². The molecule has 1 rings (SSSR count). The van der Waals surface area contributed by atoms with Crippen molar-refractivity contribution in [2.75, 3.05) is 0 Å². The van der Waals surface area contributed by atoms with Crippen LogP contribution in [0.5, 0.6) is 0 Å². The van der Waals surface area contributed by atoms with E-state index in [4.69, 9.17) is 0 Å². The van der Waals surface area contributed by atoms with Crippen molar-refractivity contribution in [1.82, 2.24) is 0 Å². The summed E-state index contributed by atoms with van der Waals surface area (Å²) in [5, 5.41) is 36.8. The van der Waals surface area contributed by atoms with Gasteiger partial charge in [0, 0.05) is 0 Å². The molecule has 8 heteroatoms. The molecule has 0 aromatic heterocycles. The zero-order chi connectivity index (χ0) is 14.8. The molecule has 0 saturated heterocycles. The van der Waals surface area contributed by atoms with Gasteiger partial charge in [0.05, 0.1) is 0 Å². The number of rotatable bonds is 4. The van der Waals surface area contributed by atoms with Gasteiger partial charge in [-0.25, -0.2) is 0 Å². The van der Waals surface area contributed by atoms with Crippen molar-refractivity contribution < 1.29 is 39.6 Å². The number of hydrogen-bond donors (Lipinski definition) is 4. The zero-order valence-electron chi connectivity index (χ0n) is 9.96. The lowest BCUT2D eigenvalue weighted by atomic mass is 9.60. The minimum atomic E-state index is -2.85. The molecule has 0 bridgehead atoms. The third-order valence-electron chi connectivity index (χ3n) is 3.79. The van der Waals surface area contributed by atoms with E-state index in [1.165, 1.54) is 0 Å². The molecule has 4 N–H and O–H groups in total. The summed E-state index contributed by atoms with van der Waals surface area (Å²) in [6.07, 6.45) is -0.334. The van der Waals surface area contributed by atoms with E-state index in [1.807, 2.05) is 0 Å². The van der Waals surface area contributed by atoms with Crippen LogP contribution in [0.15, 0.2) is 0 Å². The van der Waals surface area contributed by atoms with Gasteiger partial charge in [-0.1, -0.05) is 19.3 Å². The number of hydrogen-bond acceptors (Lipinski definition) is 4. The average Bonchev–Trinajstić information content (AvgIpc) is 2.48. The zero-order valence-corrected chi connectivity index (χ0v) is 9.96. The molecule has 19 heavy (non-hydrogen) atoms. The molecule has 0 heterocycles. The van der Waals surface area contributed by atoms with Gasteiger partial charge >= 0.3 is 23.9 Å². The third-order valence-corrected chi connectivity index (χ3v) is 3.79. The molecule has 0 spiro atoms. The quantitative estimate of drug-likeness (QED) is 0.421. The Morgan fingerprint density at radius 1 is 0.579 bits per heavy atom. The van der Waals surface area contributed by atoms with E-state index in [-0.39, 0.29) is 12.8 Å². The summed E-state index contributed by atoms with van der Waals surface area (Å²) in [4.78, 5) is 45.6. The molecule has 8 nitrogen and oxygen atoms in total. The first kappa shape index (κ1) is 14.9. The SMILES string of the molecule is O=C(O)C1(C(=O)O)CCCCCC1(C(=O)O)C(=O)O. The van der Waals surface area contributed by atoms with Gasteiger partial charge in [-0.3, -0.25) is 19.2 Å². The second-order valence-corrected chi connectivity index (χ2v) is 4.59. The highest BCUT2D eigenvalue weighted by atomic mass is 16.4. The maximum absolute atomic E-state index is 11.4. The Bertz CT molecular complexity index is 370. The monoisotopic (exact) mass is 274 g/mol. The number of carboxylic acids is 4. The Hall–Kier alpha value is -2.12. The molecule has 0 aliphatic heterocycles. The summed E-state index contributed by atoms with van der Waals surface area (Å²) in [5.41, 5.74) is -5.69. The summed E-state index contributed by atoms with van der Waals surface area (Å²) in [6, 6.07) is 0. The van der Waals surface area contributed by atoms with Gasteiger partial charge in [0.1, 0.15) is 0 Å². The minimum absolute atomic E-state index is 0.154. The maximum Gasteiger partial charge on any atom is 0.322 e. The highest BCUT2D eigenvalue weighted by Crippen LogP contribution is 2.50. The lowest BCUT2D eigenvalue weighted by molar-refractivity contribution is -0.196. The van der Waals surface area contributed by atoms with Gasteiger partial charge in [-0.15, -0.1) is 0 Å². The predicted octanol–water partition coefficient (Wildman–Crippen LogP) is 0.262. The number of aliphatic carboxylic acids is 4. The van der Waals surface area contributed by atoms with Crippen molar-refractivity contribution >= 4 is 23.9 Å². The summed E-state index contributed by atoms with van der Waals surface area (Å²) < 4.78 is 0. The van der Waals surface area contributed by atoms with E-state index in [2.05, 4.69) is 0 Å². The maximum atomic E-state index is 11.4. The van der Waals surface area contributed by atoms with Crippen LogP contribution in [0.1, 0.15) is 32.1 Å². The van der Waals surface area contributed by atoms with Crippen LogP contribution in [-0.4, -0.2) is 44.3 Å². The largest absolute Gasteiger partial charge is 0.480 e. The molecule has 0 aromatic rings. The van der Waals surface area contributed by atoms with Gasteiger partial charge in [-0.2, -0.15) is 0 Å². The highest BCUT2D eigenvalue weighted by molar-refractivity contribution is 6.12. The number of carbonyl (C=O) groups is 4. The Labute approximate surface area is 107 Å². The molecule has 1 aliphatic rings. The highest BCUT2D eigenvalue weighted by Gasteiger charge is 2.71. The molecule has 0 aromatic carbocycles. The molecule has 0 unspecified atom stereocenters. The number of carboxylic acid groups (broad SMARTS) is 4. The molecule has 1 fully saturated rings. The van der Waals surface area contributed by atoms with Gasteiger partial charge in [0.15, 0.2) is 10.8 Å². The van der Waals surface area contributed by atoms with Crippen molar-refractivity contribution in [3.8, 4) is 0 Å². The molecule has 1 aliphatic carbocycles. The van der Waals surface area contributed by atoms with E-state index in [9.17, 15) is 39.6 Å². The minimum Gasteiger partial charge on any atom is -0.480 e. The topological polar surface area (TPSA) is 149 Å². The fourth-order valence-corrected chi connectivity index (χ4v) is 2.72. The molecule has 0 atom stereocenters. The fourth-order valence-electron chi connectivity index (χ4n) is 2.72. The second-order valence-electron chi connectivity index (χ2n) is 4.59. The lowest BCUT2D eigenvalue weighted by Crippen LogP contribution is -2.60. The van der Waals surface area contributed by atoms with Crippen LogP contribution in [0.25, 0.3) is 0 Å². The molecular weight excluding hydrogens is 260 g/mol. The van der Waals surface area contributed by atoms with Crippen LogP contribution in [0.4, 0.5) is 0 Å². The van der Waals surface area contributed by atoms with E-state index < -0.39 is 47.5 Å². The van der Waals surface area contributed by atoms with E-state index in [0.29, 0.717) is 6.42 Å². The van der Waals surface area contributed by atoms with Crippen molar-refractivity contribution in [2.24, 2.45) is 10.8 Å². The van der Waals surface area contributed by atoms with Crippen LogP contribution in [0.2, 0.25) is 0 Å². The van der Waals surface area contributed by atoms with E-state index in [1.54, 1.807) is 0 Å². The van der Waals surface area contributed by atoms with Crippen molar-refractivity contribution in [1.29, 1.82) is 0 Å². The lowest BCUT2D eigenvalue weighted by Gasteiger charge is -2.37. The van der Waals surface area contributed by atoms with Gasteiger partial charge in [0.25, 0.3) is 0 Å². The second kappa shape index (κ2) is 4.87. The predicted molar refractivity (Wildman–Crippen MR) is 58.5 cm³/mol. The first-order chi connectivity index (χ1) is 8.73. The smallest absolute Gasteiger partial charge is 0.322 e. The molecule has 1 saturated carbocycles. The van der Waals surface area contributed by atoms with Crippen LogP contribution in [0.3, 0.4) is 0 Å². The first-order valence-corrected chi connectivity index (χ1v) is 5.67. The van der Waals surface area contributed by atoms with E-state index in [0.717, 1.165) is 0 Å². The molecule has 0 radical (unpaired) electrons. The third kappa shape index (κ3) is 1.83. The standard InChI is InChI=1S/C11H14O8/c12-6(13)10(7(14)15)4-2-1-3-5-11(10,8(16)17)9(18)19/h1-5H2,(H,12,13)(H,14,15)(H,16,17)(H,18,19). The van der Waals surface area contributed by atoms with Crippen LogP contribution in [0, 0.1) is 10.8 Å². The summed E-state index contributed by atoms with van der Waals surface area (Å²) in [5.74, 6) is -7.70. The van der Waals surface area contributed by atoms with Gasteiger partial charge in [-0.05, 0) is 12.8 Å². The molecule has 0 amide bonds. The Morgan fingerprint density at radius 2 is 0.842 bits per heavy atom. The van der Waals surface area contributed by atoms with Gasteiger partial charge in [0.2, 0.25) is 0 Å². The summed E-state index contributed by atoms with van der Waals surface area (Å²) in [7, 11) is 0. The summed E-state index contributed by atoms with van der Waals surface area (Å²) >= 11 is 0. The Kier molecular flexibility index (Phi) is 3.83. The van der Waals surface area contributed by atoms with Crippen molar-refractivity contribution in [2.45, 2.75) is 32.1 Å². The summed E-state index contributed by atoms with van der Waals surface area (Å²) in [6.45, 7) is 0. The Morgan fingerprint density at radius 3 is 1.05 bits per heavy atom. The van der Waals surface area contributed by atoms with E-state index >= 15 is 0 Å². The molecule has 106 valence electrons. The fraction of sp³-hybridized carbons (Fsp3) is 0.636. The normalized spacial score (nSPS) is 21.1. The van der Waals surface area contributed by atoms with Crippen LogP contribution in [-0.2, 0) is 19.2 Å². The first-order valence-electron chi connectivity index (χ1n) is 5.67. The Balaban J connectivity index is 3.67. The van der Waals surface area contributed by atoms with Crippen molar-refractivity contribution in [3.05, 3.63) is 0 Å². The van der Waals surface area contributed by atoms with Crippen LogP contribution >= 0.6 is 0 Å². The molecular formula is C11H14O8. The van der Waals surface area contributed by atoms with Gasteiger partial charge < -0.3 is 20.4 Å². The van der Waals surface area contributed by atoms with Crippen LogP contribution < -0.4 is 0 Å².